The molecule has 1 aromatic heterocycles. The number of anilines is 2. The summed E-state index contributed by atoms with van der Waals surface area (Å²) in [6.07, 6.45) is 6.67. The lowest BCUT2D eigenvalue weighted by molar-refractivity contribution is 0.0857. The topological polar surface area (TPSA) is 95.0 Å². The first-order valence-electron chi connectivity index (χ1n) is 11.2. The number of ether oxygens (including phenoxy) is 4. The number of aromatic nitrogens is 2. The van der Waals surface area contributed by atoms with E-state index in [1.54, 1.807) is 18.1 Å². The second-order valence-corrected chi connectivity index (χ2v) is 8.63. The van der Waals surface area contributed by atoms with Gasteiger partial charge in [-0.3, -0.25) is 0 Å². The zero-order valence-electron chi connectivity index (χ0n) is 20.0. The summed E-state index contributed by atoms with van der Waals surface area (Å²) in [5, 5.41) is 4.05. The first-order chi connectivity index (χ1) is 16.9. The van der Waals surface area contributed by atoms with Crippen LogP contribution >= 0.6 is 0 Å². The lowest BCUT2D eigenvalue weighted by atomic mass is 10.1. The average Bonchev–Trinajstić information content (AvgIpc) is 3.10. The number of hydrogen-bond donors (Lipinski definition) is 1. The highest BCUT2D eigenvalue weighted by molar-refractivity contribution is 5.93. The monoisotopic (exact) mass is 476 g/mol. The second-order valence-electron chi connectivity index (χ2n) is 8.63. The van der Waals surface area contributed by atoms with Crippen LogP contribution in [0, 0.1) is 12.3 Å². The van der Waals surface area contributed by atoms with E-state index >= 15 is 0 Å². The van der Waals surface area contributed by atoms with Crippen LogP contribution in [-0.4, -0.2) is 66.6 Å². The summed E-state index contributed by atoms with van der Waals surface area (Å²) in [6.45, 7) is 5.68. The van der Waals surface area contributed by atoms with Gasteiger partial charge in [0.05, 0.1) is 25.2 Å². The number of amides is 1. The molecule has 1 aliphatic rings. The molecule has 2 heterocycles. The third kappa shape index (κ3) is 5.91. The summed E-state index contributed by atoms with van der Waals surface area (Å²) < 4.78 is 22.4. The third-order valence-corrected chi connectivity index (χ3v) is 5.35. The zero-order valence-corrected chi connectivity index (χ0v) is 20.0. The van der Waals surface area contributed by atoms with Gasteiger partial charge in [0.15, 0.2) is 11.5 Å². The van der Waals surface area contributed by atoms with Gasteiger partial charge in [0.2, 0.25) is 0 Å². The van der Waals surface area contributed by atoms with Crippen LogP contribution in [-0.2, 0) is 9.47 Å². The molecule has 3 aromatic rings. The van der Waals surface area contributed by atoms with Crippen molar-refractivity contribution in [3.8, 4) is 23.8 Å². The van der Waals surface area contributed by atoms with Crippen LogP contribution in [0.4, 0.5) is 16.3 Å². The lowest BCUT2D eigenvalue weighted by Gasteiger charge is -2.18. The van der Waals surface area contributed by atoms with Crippen molar-refractivity contribution < 1.29 is 23.7 Å². The van der Waals surface area contributed by atoms with Crippen molar-refractivity contribution in [3.63, 3.8) is 0 Å². The van der Waals surface area contributed by atoms with Crippen molar-refractivity contribution in [1.29, 1.82) is 0 Å². The number of cyclic esters (lactones) is 1. The standard InChI is InChI=1S/C26H28N4O5/c1-5-18-7-6-8-19(13-18)29-24-20-14-22(33-10-9-30-16-26(2,3)35-25(30)31)23(34-12-11-32-4)15-21(20)27-17-28-24/h1,6-8,13-15,17H,9-12,16H2,2-4H3,(H,27,28,29). The summed E-state index contributed by atoms with van der Waals surface area (Å²) in [6, 6.07) is 11.1. The Hall–Kier alpha value is -4.03. The number of hydrogen-bond acceptors (Lipinski definition) is 8. The number of carbonyl (C=O) groups excluding carboxylic acids is 1. The van der Waals surface area contributed by atoms with Crippen molar-refractivity contribution in [2.45, 2.75) is 19.4 Å². The molecular weight excluding hydrogens is 448 g/mol. The fourth-order valence-electron chi connectivity index (χ4n) is 3.74. The number of rotatable bonds is 10. The van der Waals surface area contributed by atoms with Gasteiger partial charge in [-0.25, -0.2) is 14.8 Å². The molecule has 1 N–H and O–H groups in total. The van der Waals surface area contributed by atoms with E-state index in [1.807, 2.05) is 44.2 Å². The molecule has 35 heavy (non-hydrogen) atoms. The van der Waals surface area contributed by atoms with Crippen LogP contribution < -0.4 is 14.8 Å². The number of terminal acetylenes is 1. The molecule has 0 unspecified atom stereocenters. The number of benzene rings is 2. The molecule has 0 saturated carbocycles. The molecule has 9 heteroatoms. The number of nitrogens with zero attached hydrogens (tertiary/aromatic N) is 3. The maximum atomic E-state index is 12.1. The maximum absolute atomic E-state index is 12.1. The molecule has 1 aliphatic heterocycles. The SMILES string of the molecule is C#Cc1cccc(Nc2ncnc3cc(OCCOC)c(OCCN4CC(C)(C)OC4=O)cc23)c1. The van der Waals surface area contributed by atoms with E-state index < -0.39 is 5.60 Å². The summed E-state index contributed by atoms with van der Waals surface area (Å²) >= 11 is 0. The van der Waals surface area contributed by atoms with Gasteiger partial charge in [-0.2, -0.15) is 0 Å². The second kappa shape index (κ2) is 10.5. The molecule has 182 valence electrons. The Morgan fingerprint density at radius 2 is 1.94 bits per heavy atom. The molecule has 9 nitrogen and oxygen atoms in total. The van der Waals surface area contributed by atoms with E-state index in [9.17, 15) is 4.79 Å². The predicted octanol–water partition coefficient (Wildman–Crippen LogP) is 3.99. The molecule has 0 bridgehead atoms. The minimum Gasteiger partial charge on any atom is -0.488 e. The van der Waals surface area contributed by atoms with E-state index in [-0.39, 0.29) is 12.7 Å². The molecule has 4 rings (SSSR count). The Morgan fingerprint density at radius 1 is 1.14 bits per heavy atom. The highest BCUT2D eigenvalue weighted by Gasteiger charge is 2.37. The van der Waals surface area contributed by atoms with Gasteiger partial charge >= 0.3 is 6.09 Å². The van der Waals surface area contributed by atoms with Gasteiger partial charge in [0, 0.05) is 29.8 Å². The number of fused-ring (bicyclic) bond motifs is 1. The minimum absolute atomic E-state index is 0.262. The van der Waals surface area contributed by atoms with Crippen molar-refractivity contribution in [2.75, 3.05) is 45.3 Å². The highest BCUT2D eigenvalue weighted by atomic mass is 16.6. The molecule has 0 aliphatic carbocycles. The summed E-state index contributed by atoms with van der Waals surface area (Å²) in [5.74, 6) is 4.26. The van der Waals surface area contributed by atoms with E-state index in [1.165, 1.54) is 6.33 Å². The summed E-state index contributed by atoms with van der Waals surface area (Å²) in [7, 11) is 1.61. The van der Waals surface area contributed by atoms with E-state index in [4.69, 9.17) is 25.4 Å². The maximum Gasteiger partial charge on any atom is 0.410 e. The van der Waals surface area contributed by atoms with Gasteiger partial charge in [-0.05, 0) is 38.1 Å². The van der Waals surface area contributed by atoms with E-state index in [0.29, 0.717) is 49.1 Å². The largest absolute Gasteiger partial charge is 0.488 e. The number of methoxy groups -OCH3 is 1. The van der Waals surface area contributed by atoms with Crippen molar-refractivity contribution in [2.24, 2.45) is 0 Å². The van der Waals surface area contributed by atoms with Crippen LogP contribution in [0.5, 0.6) is 11.5 Å². The Morgan fingerprint density at radius 3 is 2.69 bits per heavy atom. The highest BCUT2D eigenvalue weighted by Crippen LogP contribution is 2.35. The van der Waals surface area contributed by atoms with Crippen LogP contribution in [0.1, 0.15) is 19.4 Å². The average molecular weight is 477 g/mol. The quantitative estimate of drug-likeness (QED) is 0.347. The predicted molar refractivity (Wildman–Crippen MR) is 132 cm³/mol. The van der Waals surface area contributed by atoms with Gasteiger partial charge in [0.25, 0.3) is 0 Å². The van der Waals surface area contributed by atoms with E-state index in [2.05, 4.69) is 21.2 Å². The summed E-state index contributed by atoms with van der Waals surface area (Å²) in [4.78, 5) is 22.5. The van der Waals surface area contributed by atoms with Crippen molar-refractivity contribution in [3.05, 3.63) is 48.3 Å². The van der Waals surface area contributed by atoms with Crippen molar-refractivity contribution >= 4 is 28.5 Å². The molecule has 2 aromatic carbocycles. The molecule has 0 radical (unpaired) electrons. The van der Waals surface area contributed by atoms with Crippen LogP contribution in [0.3, 0.4) is 0 Å². The van der Waals surface area contributed by atoms with Gasteiger partial charge in [0.1, 0.15) is 31.0 Å². The first-order valence-corrected chi connectivity index (χ1v) is 11.2. The first kappa shape index (κ1) is 24.1. The summed E-state index contributed by atoms with van der Waals surface area (Å²) in [5.41, 5.74) is 1.73. The van der Waals surface area contributed by atoms with Gasteiger partial charge in [-0.15, -0.1) is 6.42 Å². The molecule has 1 fully saturated rings. The number of carbonyl (C=O) groups is 1. The smallest absolute Gasteiger partial charge is 0.410 e. The molecule has 1 saturated heterocycles. The van der Waals surface area contributed by atoms with Crippen LogP contribution in [0.25, 0.3) is 10.9 Å². The van der Waals surface area contributed by atoms with Crippen molar-refractivity contribution in [1.82, 2.24) is 14.9 Å². The molecular formula is C26H28N4O5. The lowest BCUT2D eigenvalue weighted by Crippen LogP contribution is -2.31. The number of nitrogens with one attached hydrogen (secondary N) is 1. The fourth-order valence-corrected chi connectivity index (χ4v) is 3.74. The minimum atomic E-state index is -0.511. The van der Waals surface area contributed by atoms with E-state index in [0.717, 1.165) is 16.6 Å². The van der Waals surface area contributed by atoms with Gasteiger partial charge < -0.3 is 29.2 Å². The fraction of sp³-hybridized carbons (Fsp3) is 0.346. The molecule has 0 atom stereocenters. The van der Waals surface area contributed by atoms with Crippen LogP contribution in [0.15, 0.2) is 42.7 Å². The third-order valence-electron chi connectivity index (χ3n) is 5.35. The molecule has 0 spiro atoms. The Balaban J connectivity index is 1.59. The Bertz CT molecular complexity index is 1250. The Kier molecular flexibility index (Phi) is 7.22. The zero-order chi connectivity index (χ0) is 24.8. The Labute approximate surface area is 204 Å². The normalized spacial score (nSPS) is 14.5. The van der Waals surface area contributed by atoms with Crippen LogP contribution in [0.2, 0.25) is 0 Å². The molecule has 1 amide bonds. The van der Waals surface area contributed by atoms with Gasteiger partial charge in [-0.1, -0.05) is 12.0 Å².